The van der Waals surface area contributed by atoms with Crippen LogP contribution in [0.25, 0.3) is 11.3 Å². The van der Waals surface area contributed by atoms with E-state index in [1.54, 1.807) is 19.2 Å². The van der Waals surface area contributed by atoms with E-state index in [9.17, 15) is 4.79 Å². The highest BCUT2D eigenvalue weighted by Gasteiger charge is 2.21. The molecule has 0 bridgehead atoms. The van der Waals surface area contributed by atoms with E-state index in [1.807, 2.05) is 0 Å². The highest BCUT2D eigenvalue weighted by atomic mass is 16.7. The SMILES string of the molecule is COCc1cc2c(cc1-c1cc(C(=O)O)on1)OCO2. The van der Waals surface area contributed by atoms with Crippen LogP contribution in [0.2, 0.25) is 0 Å². The Labute approximate surface area is 113 Å². The average molecular weight is 277 g/mol. The Bertz CT molecular complexity index is 663. The first-order valence-corrected chi connectivity index (χ1v) is 5.81. The standard InChI is InChI=1S/C13H11NO6/c1-17-5-7-2-10-11(19-6-18-10)3-8(7)9-4-12(13(15)16)20-14-9/h2-4H,5-6H2,1H3,(H,15,16). The number of carboxylic acid groups (broad SMARTS) is 1. The molecule has 0 aliphatic carbocycles. The first-order chi connectivity index (χ1) is 9.69. The van der Waals surface area contributed by atoms with Gasteiger partial charge in [-0.05, 0) is 17.7 Å². The number of hydrogen-bond donors (Lipinski definition) is 1. The summed E-state index contributed by atoms with van der Waals surface area (Å²) in [4.78, 5) is 10.8. The Kier molecular flexibility index (Phi) is 3.03. The van der Waals surface area contributed by atoms with E-state index in [1.165, 1.54) is 6.07 Å². The lowest BCUT2D eigenvalue weighted by atomic mass is 10.0. The molecule has 7 heteroatoms. The predicted octanol–water partition coefficient (Wildman–Crippen LogP) is 1.91. The van der Waals surface area contributed by atoms with E-state index in [0.717, 1.165) is 5.56 Å². The van der Waals surface area contributed by atoms with Crippen molar-refractivity contribution in [2.45, 2.75) is 6.61 Å². The molecule has 0 fully saturated rings. The van der Waals surface area contributed by atoms with Gasteiger partial charge in [-0.3, -0.25) is 0 Å². The molecule has 0 radical (unpaired) electrons. The zero-order chi connectivity index (χ0) is 14.1. The minimum Gasteiger partial charge on any atom is -0.475 e. The number of nitrogens with zero attached hydrogens (tertiary/aromatic N) is 1. The van der Waals surface area contributed by atoms with E-state index < -0.39 is 5.97 Å². The van der Waals surface area contributed by atoms with Crippen LogP contribution < -0.4 is 9.47 Å². The second kappa shape index (κ2) is 4.86. The Morgan fingerprint density at radius 3 is 2.75 bits per heavy atom. The molecule has 1 aromatic carbocycles. The van der Waals surface area contributed by atoms with Crippen molar-refractivity contribution in [1.29, 1.82) is 0 Å². The smallest absolute Gasteiger partial charge is 0.374 e. The van der Waals surface area contributed by atoms with Gasteiger partial charge in [0.1, 0.15) is 5.69 Å². The molecule has 0 saturated carbocycles. The number of fused-ring (bicyclic) bond motifs is 1. The fraction of sp³-hybridized carbons (Fsp3) is 0.231. The highest BCUT2D eigenvalue weighted by Crippen LogP contribution is 2.38. The molecule has 1 aromatic heterocycles. The molecule has 2 aromatic rings. The van der Waals surface area contributed by atoms with Crippen LogP contribution in [-0.4, -0.2) is 30.1 Å². The van der Waals surface area contributed by atoms with E-state index in [4.69, 9.17) is 23.8 Å². The van der Waals surface area contributed by atoms with Gasteiger partial charge in [-0.15, -0.1) is 0 Å². The summed E-state index contributed by atoms with van der Waals surface area (Å²) in [6.45, 7) is 0.492. The summed E-state index contributed by atoms with van der Waals surface area (Å²) in [6.07, 6.45) is 0. The largest absolute Gasteiger partial charge is 0.475 e. The molecule has 1 aliphatic heterocycles. The summed E-state index contributed by atoms with van der Waals surface area (Å²) in [5.74, 6) is -0.179. The number of rotatable bonds is 4. The van der Waals surface area contributed by atoms with Crippen LogP contribution in [0.1, 0.15) is 16.1 Å². The van der Waals surface area contributed by atoms with Gasteiger partial charge in [-0.2, -0.15) is 0 Å². The minimum absolute atomic E-state index is 0.157. The molecule has 2 heterocycles. The topological polar surface area (TPSA) is 91.0 Å². The number of hydrogen-bond acceptors (Lipinski definition) is 6. The summed E-state index contributed by atoms with van der Waals surface area (Å²) in [7, 11) is 1.57. The van der Waals surface area contributed by atoms with Gasteiger partial charge in [-0.25, -0.2) is 4.79 Å². The fourth-order valence-corrected chi connectivity index (χ4v) is 2.00. The van der Waals surface area contributed by atoms with Crippen molar-refractivity contribution in [3.63, 3.8) is 0 Å². The Morgan fingerprint density at radius 1 is 1.35 bits per heavy atom. The molecular formula is C13H11NO6. The first kappa shape index (κ1) is 12.5. The van der Waals surface area contributed by atoms with Crippen LogP contribution in [0.4, 0.5) is 0 Å². The number of aromatic nitrogens is 1. The van der Waals surface area contributed by atoms with Gasteiger partial charge >= 0.3 is 5.97 Å². The molecule has 0 saturated heterocycles. The van der Waals surface area contributed by atoms with Crippen molar-refractivity contribution in [3.8, 4) is 22.8 Å². The van der Waals surface area contributed by atoms with Crippen LogP contribution in [-0.2, 0) is 11.3 Å². The number of benzene rings is 1. The summed E-state index contributed by atoms with van der Waals surface area (Å²) < 4.78 is 20.5. The molecular weight excluding hydrogens is 266 g/mol. The molecule has 3 rings (SSSR count). The van der Waals surface area contributed by atoms with Gasteiger partial charge < -0.3 is 23.8 Å². The maximum atomic E-state index is 10.8. The maximum Gasteiger partial charge on any atom is 0.374 e. The Morgan fingerprint density at radius 2 is 2.10 bits per heavy atom. The number of carbonyl (C=O) groups is 1. The minimum atomic E-state index is -1.17. The van der Waals surface area contributed by atoms with Gasteiger partial charge in [0.25, 0.3) is 0 Å². The maximum absolute atomic E-state index is 10.8. The number of aromatic carboxylic acids is 1. The first-order valence-electron chi connectivity index (χ1n) is 5.81. The molecule has 1 N–H and O–H groups in total. The van der Waals surface area contributed by atoms with Crippen LogP contribution in [0.15, 0.2) is 22.7 Å². The number of ether oxygens (including phenoxy) is 3. The molecule has 7 nitrogen and oxygen atoms in total. The third kappa shape index (κ3) is 2.08. The van der Waals surface area contributed by atoms with Crippen LogP contribution >= 0.6 is 0 Å². The van der Waals surface area contributed by atoms with Crippen molar-refractivity contribution >= 4 is 5.97 Å². The lowest BCUT2D eigenvalue weighted by molar-refractivity contribution is 0.0652. The summed E-state index contributed by atoms with van der Waals surface area (Å²) in [5, 5.41) is 12.6. The van der Waals surface area contributed by atoms with E-state index in [-0.39, 0.29) is 12.6 Å². The third-order valence-electron chi connectivity index (χ3n) is 2.90. The normalized spacial score (nSPS) is 12.7. The third-order valence-corrected chi connectivity index (χ3v) is 2.90. The van der Waals surface area contributed by atoms with Gasteiger partial charge in [0.15, 0.2) is 11.5 Å². The Hall–Kier alpha value is -2.54. The van der Waals surface area contributed by atoms with Crippen molar-refractivity contribution in [2.24, 2.45) is 0 Å². The van der Waals surface area contributed by atoms with Crippen molar-refractivity contribution in [2.75, 3.05) is 13.9 Å². The molecule has 0 atom stereocenters. The average Bonchev–Trinajstić information content (AvgIpc) is 3.06. The van der Waals surface area contributed by atoms with Crippen molar-refractivity contribution in [1.82, 2.24) is 5.16 Å². The molecule has 1 aliphatic rings. The van der Waals surface area contributed by atoms with Crippen LogP contribution in [0.5, 0.6) is 11.5 Å². The van der Waals surface area contributed by atoms with E-state index in [2.05, 4.69) is 5.16 Å². The second-order valence-electron chi connectivity index (χ2n) is 4.18. The van der Waals surface area contributed by atoms with Gasteiger partial charge in [0.2, 0.25) is 12.6 Å². The van der Waals surface area contributed by atoms with E-state index >= 15 is 0 Å². The highest BCUT2D eigenvalue weighted by molar-refractivity contribution is 5.86. The molecule has 104 valence electrons. The quantitative estimate of drug-likeness (QED) is 0.912. The summed E-state index contributed by atoms with van der Waals surface area (Å²) >= 11 is 0. The van der Waals surface area contributed by atoms with Crippen LogP contribution in [0.3, 0.4) is 0 Å². The van der Waals surface area contributed by atoms with Crippen molar-refractivity contribution in [3.05, 3.63) is 29.5 Å². The summed E-state index contributed by atoms with van der Waals surface area (Å²) in [5.41, 5.74) is 1.90. The zero-order valence-corrected chi connectivity index (χ0v) is 10.6. The van der Waals surface area contributed by atoms with Gasteiger partial charge in [-0.1, -0.05) is 5.16 Å². The monoisotopic (exact) mass is 277 g/mol. The lowest BCUT2D eigenvalue weighted by Crippen LogP contribution is -1.94. The predicted molar refractivity (Wildman–Crippen MR) is 65.7 cm³/mol. The molecule has 20 heavy (non-hydrogen) atoms. The molecule has 0 spiro atoms. The second-order valence-corrected chi connectivity index (χ2v) is 4.18. The number of methoxy groups -OCH3 is 1. The van der Waals surface area contributed by atoms with Gasteiger partial charge in [0.05, 0.1) is 6.61 Å². The molecule has 0 amide bonds. The van der Waals surface area contributed by atoms with Gasteiger partial charge in [0, 0.05) is 18.7 Å². The van der Waals surface area contributed by atoms with Crippen molar-refractivity contribution < 1.29 is 28.6 Å². The van der Waals surface area contributed by atoms with E-state index in [0.29, 0.717) is 29.4 Å². The molecule has 0 unspecified atom stereocenters. The fourth-order valence-electron chi connectivity index (χ4n) is 2.00. The number of carboxylic acids is 1. The van der Waals surface area contributed by atoms with Crippen LogP contribution in [0, 0.1) is 0 Å². The summed E-state index contributed by atoms with van der Waals surface area (Å²) in [6, 6.07) is 4.88. The zero-order valence-electron chi connectivity index (χ0n) is 10.6. The lowest BCUT2D eigenvalue weighted by Gasteiger charge is -2.07. The Balaban J connectivity index is 2.08.